The van der Waals surface area contributed by atoms with Gasteiger partial charge >= 0.3 is 0 Å². The molecule has 8 aromatic rings. The van der Waals surface area contributed by atoms with Crippen molar-refractivity contribution in [2.24, 2.45) is 16.8 Å². The summed E-state index contributed by atoms with van der Waals surface area (Å²) in [6.45, 7) is 4.78. The van der Waals surface area contributed by atoms with Crippen molar-refractivity contribution in [1.29, 1.82) is 0 Å². The number of aromatic nitrogens is 1. The van der Waals surface area contributed by atoms with E-state index in [0.29, 0.717) is 0 Å². The first-order valence-corrected chi connectivity index (χ1v) is 23.2. The van der Waals surface area contributed by atoms with Crippen molar-refractivity contribution in [3.63, 3.8) is 0 Å². The summed E-state index contributed by atoms with van der Waals surface area (Å²) < 4.78 is 2.58. The van der Waals surface area contributed by atoms with E-state index in [2.05, 4.69) is 213 Å². The number of fused-ring (bicyclic) bond motifs is 7. The Morgan fingerprint density at radius 1 is 0.635 bits per heavy atom. The van der Waals surface area contributed by atoms with E-state index < -0.39 is 0 Å². The summed E-state index contributed by atoms with van der Waals surface area (Å²) in [6.07, 6.45) is 15.9. The van der Waals surface area contributed by atoms with E-state index in [-0.39, 0.29) is 23.8 Å². The van der Waals surface area contributed by atoms with Crippen molar-refractivity contribution >= 4 is 33.1 Å². The molecule has 7 aromatic carbocycles. The monoisotopic (exact) mass is 814 g/mol. The van der Waals surface area contributed by atoms with Gasteiger partial charge in [-0.1, -0.05) is 195 Å². The van der Waals surface area contributed by atoms with Crippen LogP contribution in [0.1, 0.15) is 85.7 Å². The molecule has 2 nitrogen and oxygen atoms in total. The average Bonchev–Trinajstić information content (AvgIpc) is 3.59. The van der Waals surface area contributed by atoms with Crippen LogP contribution in [0, 0.1) is 11.8 Å². The average molecular weight is 815 g/mol. The van der Waals surface area contributed by atoms with E-state index >= 15 is 0 Å². The molecule has 0 saturated heterocycles. The number of hydrogen-bond acceptors (Lipinski definition) is 1. The highest BCUT2D eigenvalue weighted by atomic mass is 15.0. The Bertz CT molecular complexity index is 3090. The van der Waals surface area contributed by atoms with E-state index in [9.17, 15) is 0 Å². The van der Waals surface area contributed by atoms with Gasteiger partial charge in [0.05, 0.1) is 17.1 Å². The highest BCUT2D eigenvalue weighted by Crippen LogP contribution is 2.51. The molecule has 4 unspecified atom stereocenters. The maximum absolute atomic E-state index is 5.92. The van der Waals surface area contributed by atoms with Gasteiger partial charge in [0, 0.05) is 45.5 Å². The van der Waals surface area contributed by atoms with Crippen LogP contribution in [0.3, 0.4) is 0 Å². The molecule has 1 aliphatic heterocycles. The first-order chi connectivity index (χ1) is 31.1. The summed E-state index contributed by atoms with van der Waals surface area (Å²) in [5, 5.41) is 2.60. The van der Waals surface area contributed by atoms with E-state index in [0.717, 1.165) is 38.5 Å². The molecule has 63 heavy (non-hydrogen) atoms. The molecule has 2 heterocycles. The van der Waals surface area contributed by atoms with Crippen molar-refractivity contribution in [1.82, 2.24) is 4.57 Å². The third-order valence-electron chi connectivity index (χ3n) is 14.2. The minimum atomic E-state index is -0.0101. The van der Waals surface area contributed by atoms with Gasteiger partial charge in [-0.15, -0.1) is 0 Å². The number of allylic oxidation sites excluding steroid dienone is 5. The molecule has 2 aliphatic carbocycles. The molecule has 11 rings (SSSR count). The Kier molecular flexibility index (Phi) is 10.4. The zero-order valence-corrected chi connectivity index (χ0v) is 36.4. The second-order valence-corrected chi connectivity index (χ2v) is 17.9. The molecule has 1 aromatic heterocycles. The van der Waals surface area contributed by atoms with Crippen LogP contribution in [0.4, 0.5) is 0 Å². The van der Waals surface area contributed by atoms with E-state index in [1.165, 1.54) is 88.8 Å². The minimum absolute atomic E-state index is 0.0101. The lowest BCUT2D eigenvalue weighted by Crippen LogP contribution is -2.24. The fourth-order valence-corrected chi connectivity index (χ4v) is 11.1. The number of benzene rings is 7. The van der Waals surface area contributed by atoms with Crippen LogP contribution in [0.25, 0.3) is 55.3 Å². The van der Waals surface area contributed by atoms with Crippen molar-refractivity contribution in [2.75, 3.05) is 0 Å². The highest BCUT2D eigenvalue weighted by molar-refractivity contribution is 6.15. The summed E-state index contributed by atoms with van der Waals surface area (Å²) in [5.41, 5.74) is 19.7. The second-order valence-electron chi connectivity index (χ2n) is 17.9. The van der Waals surface area contributed by atoms with Crippen LogP contribution in [0.2, 0.25) is 0 Å². The summed E-state index contributed by atoms with van der Waals surface area (Å²) >= 11 is 0. The van der Waals surface area contributed by atoms with Gasteiger partial charge in [-0.3, -0.25) is 4.99 Å². The fourth-order valence-electron chi connectivity index (χ4n) is 11.1. The molecule has 0 radical (unpaired) electrons. The Hall–Kier alpha value is -6.77. The number of nitrogens with zero attached hydrogens (tertiary/aromatic N) is 2. The molecule has 308 valence electrons. The lowest BCUT2D eigenvalue weighted by molar-refractivity contribution is 0.440. The fraction of sp³-hybridized carbons (Fsp3) is 0.197. The van der Waals surface area contributed by atoms with E-state index in [4.69, 9.17) is 4.99 Å². The molecule has 0 spiro atoms. The second kappa shape index (κ2) is 16.8. The SMILES string of the molecule is CCC1/C(C2CCc3ccccc3-c3c2ccc2c4ccccc4n(-c4cccc(C5=CCCC=C5)c4)c32)=C/CC(C)C(c2ccc(-c3ccccc3)cc2)=NC1c1ccccc1. The number of hydrogen-bond donors (Lipinski definition) is 0. The van der Waals surface area contributed by atoms with Crippen LogP contribution in [0.15, 0.2) is 205 Å². The predicted octanol–water partition coefficient (Wildman–Crippen LogP) is 16.1. The van der Waals surface area contributed by atoms with Gasteiger partial charge in [0.25, 0.3) is 0 Å². The molecule has 0 N–H and O–H groups in total. The van der Waals surface area contributed by atoms with Gasteiger partial charge in [0.15, 0.2) is 0 Å². The first-order valence-electron chi connectivity index (χ1n) is 23.2. The molecule has 0 fully saturated rings. The van der Waals surface area contributed by atoms with Gasteiger partial charge in [0.2, 0.25) is 0 Å². The number of aryl methyl sites for hydroxylation is 1. The van der Waals surface area contributed by atoms with Crippen molar-refractivity contribution in [2.45, 2.75) is 64.3 Å². The minimum Gasteiger partial charge on any atom is -0.309 e. The van der Waals surface area contributed by atoms with Gasteiger partial charge in [-0.25, -0.2) is 0 Å². The normalized spacial score (nSPS) is 20.7. The molecule has 0 saturated carbocycles. The summed E-state index contributed by atoms with van der Waals surface area (Å²) in [7, 11) is 0. The third-order valence-corrected chi connectivity index (χ3v) is 14.2. The van der Waals surface area contributed by atoms with Crippen molar-refractivity contribution < 1.29 is 0 Å². The zero-order chi connectivity index (χ0) is 42.3. The molecule has 2 heteroatoms. The Morgan fingerprint density at radius 3 is 2.17 bits per heavy atom. The molecule has 3 aliphatic rings. The number of rotatable bonds is 7. The smallest absolute Gasteiger partial charge is 0.0817 e. The van der Waals surface area contributed by atoms with Crippen LogP contribution in [-0.4, -0.2) is 10.3 Å². The predicted molar refractivity (Wildman–Crippen MR) is 267 cm³/mol. The Morgan fingerprint density at radius 2 is 1.37 bits per heavy atom. The van der Waals surface area contributed by atoms with Gasteiger partial charge in [-0.05, 0) is 107 Å². The highest BCUT2D eigenvalue weighted by Gasteiger charge is 2.36. The number of aliphatic imine (C=N–C) groups is 1. The van der Waals surface area contributed by atoms with Gasteiger partial charge < -0.3 is 4.57 Å². The quantitative estimate of drug-likeness (QED) is 0.143. The maximum atomic E-state index is 5.92. The topological polar surface area (TPSA) is 17.3 Å². The number of para-hydroxylation sites is 1. The zero-order valence-electron chi connectivity index (χ0n) is 36.4. The molecule has 4 atom stereocenters. The largest absolute Gasteiger partial charge is 0.309 e. The molecular weight excluding hydrogens is 761 g/mol. The Balaban J connectivity index is 1.09. The van der Waals surface area contributed by atoms with Crippen molar-refractivity contribution in [3.8, 4) is 27.9 Å². The summed E-state index contributed by atoms with van der Waals surface area (Å²) in [5.74, 6) is 0.713. The molecular formula is C61H54N2. The lowest BCUT2D eigenvalue weighted by Gasteiger charge is -2.35. The van der Waals surface area contributed by atoms with Crippen LogP contribution < -0.4 is 0 Å². The van der Waals surface area contributed by atoms with Crippen LogP contribution >= 0.6 is 0 Å². The molecule has 0 bridgehead atoms. The van der Waals surface area contributed by atoms with Crippen LogP contribution in [-0.2, 0) is 6.42 Å². The lowest BCUT2D eigenvalue weighted by atomic mass is 9.73. The molecule has 0 amide bonds. The standard InChI is InChI=1S/C61H54N2/c1-3-50-52(36-30-41(2)59(62-60(50)46-23-11-6-12-24-46)47-33-31-44(32-34-47)42-18-7-4-8-19-42)53-37-35-45-22-13-14-27-51(45)58-55(53)38-39-56-54-28-15-16-29-57(54)63(61(56)58)49-26-17-25-48(40-49)43-20-9-5-10-21-43/h4,6-9,11-29,31-34,36,38-41,50,53,60H,3,5,10,30,35,37H2,1-2H3/b52-36-,62-59?. The first kappa shape index (κ1) is 39.1. The third kappa shape index (κ3) is 7.12. The van der Waals surface area contributed by atoms with E-state index in [1.54, 1.807) is 5.57 Å². The maximum Gasteiger partial charge on any atom is 0.0817 e. The van der Waals surface area contributed by atoms with Crippen molar-refractivity contribution in [3.05, 3.63) is 228 Å². The summed E-state index contributed by atoms with van der Waals surface area (Å²) in [4.78, 5) is 5.92. The van der Waals surface area contributed by atoms with E-state index in [1.807, 2.05) is 0 Å². The Labute approximate surface area is 372 Å². The van der Waals surface area contributed by atoms with Gasteiger partial charge in [-0.2, -0.15) is 0 Å². The van der Waals surface area contributed by atoms with Gasteiger partial charge in [0.1, 0.15) is 0 Å². The summed E-state index contributed by atoms with van der Waals surface area (Å²) in [6, 6.07) is 63.5. The van der Waals surface area contributed by atoms with Crippen LogP contribution in [0.5, 0.6) is 0 Å².